The Morgan fingerprint density at radius 2 is 1.47 bits per heavy atom. The molecule has 2 N–H and O–H groups in total. The molecule has 0 aromatic heterocycles. The molecule has 0 aliphatic carbocycles. The number of hydrogen-bond donors (Lipinski definition) is 2. The highest BCUT2D eigenvalue weighted by Crippen LogP contribution is 2.25. The van der Waals surface area contributed by atoms with Crippen LogP contribution in [0.1, 0.15) is 31.0 Å². The molecular weight excluding hydrogens is 376 g/mol. The minimum atomic E-state index is -0.870. The number of aryl methyl sites for hydroxylation is 1. The van der Waals surface area contributed by atoms with Gasteiger partial charge in [-0.05, 0) is 55.2 Å². The van der Waals surface area contributed by atoms with Gasteiger partial charge in [-0.1, -0.05) is 66.7 Å². The van der Waals surface area contributed by atoms with Crippen LogP contribution in [0, 0.1) is 6.92 Å². The Morgan fingerprint density at radius 1 is 0.833 bits per heavy atom. The quantitative estimate of drug-likeness (QED) is 0.574. The van der Waals surface area contributed by atoms with Gasteiger partial charge >= 0.3 is 6.09 Å². The van der Waals surface area contributed by atoms with Crippen LogP contribution in [0.4, 0.5) is 10.5 Å². The van der Waals surface area contributed by atoms with Crippen molar-refractivity contribution in [2.24, 2.45) is 0 Å². The number of amides is 2. The van der Waals surface area contributed by atoms with E-state index in [9.17, 15) is 9.59 Å². The zero-order valence-corrected chi connectivity index (χ0v) is 17.4. The number of carbonyl (C=O) groups is 2. The van der Waals surface area contributed by atoms with Crippen molar-refractivity contribution in [3.05, 3.63) is 90.0 Å². The molecule has 2 amide bonds. The zero-order valence-electron chi connectivity index (χ0n) is 17.4. The van der Waals surface area contributed by atoms with Crippen molar-refractivity contribution in [2.75, 3.05) is 5.32 Å². The Morgan fingerprint density at radius 3 is 2.07 bits per heavy atom. The van der Waals surface area contributed by atoms with Crippen molar-refractivity contribution in [1.29, 1.82) is 0 Å². The molecule has 0 fully saturated rings. The molecule has 3 rings (SSSR count). The van der Waals surface area contributed by atoms with E-state index in [1.165, 1.54) is 0 Å². The second kappa shape index (κ2) is 9.74. The Labute approximate surface area is 177 Å². The van der Waals surface area contributed by atoms with Crippen LogP contribution < -0.4 is 10.6 Å². The lowest BCUT2D eigenvalue weighted by atomic mass is 10.0. The summed E-state index contributed by atoms with van der Waals surface area (Å²) in [7, 11) is 0. The summed E-state index contributed by atoms with van der Waals surface area (Å²) in [5.41, 5.74) is 4.48. The van der Waals surface area contributed by atoms with Crippen molar-refractivity contribution in [3.8, 4) is 11.1 Å². The summed E-state index contributed by atoms with van der Waals surface area (Å²) in [6, 6.07) is 24.2. The fourth-order valence-corrected chi connectivity index (χ4v) is 3.13. The number of anilines is 1. The molecule has 154 valence electrons. The van der Waals surface area contributed by atoms with Gasteiger partial charge in [0.15, 0.2) is 0 Å². The molecule has 1 unspecified atom stereocenters. The maximum absolute atomic E-state index is 13.1. The highest BCUT2D eigenvalue weighted by molar-refractivity contribution is 5.98. The van der Waals surface area contributed by atoms with E-state index in [0.29, 0.717) is 11.3 Å². The first-order valence-corrected chi connectivity index (χ1v) is 9.93. The first-order chi connectivity index (χ1) is 14.4. The van der Waals surface area contributed by atoms with Gasteiger partial charge in [0.1, 0.15) is 6.04 Å². The summed E-state index contributed by atoms with van der Waals surface area (Å²) in [5, 5.41) is 5.61. The number of benzene rings is 3. The van der Waals surface area contributed by atoms with E-state index in [-0.39, 0.29) is 12.0 Å². The van der Waals surface area contributed by atoms with Gasteiger partial charge in [-0.15, -0.1) is 0 Å². The standard InChI is InChI=1S/C25H26N2O3/c1-17(2)30-25(29)27-23(20-12-8-5-9-13-20)24(28)26-22-15-14-21(16-18(22)3)19-10-6-4-7-11-19/h4-17,23H,1-3H3,(H,26,28)(H,27,29). The molecule has 0 heterocycles. The average molecular weight is 402 g/mol. The minimum Gasteiger partial charge on any atom is -0.447 e. The maximum atomic E-state index is 13.1. The summed E-state index contributed by atoms with van der Waals surface area (Å²) in [5.74, 6) is -0.336. The number of carbonyl (C=O) groups excluding carboxylic acids is 2. The minimum absolute atomic E-state index is 0.280. The van der Waals surface area contributed by atoms with Crippen LogP contribution >= 0.6 is 0 Å². The third kappa shape index (κ3) is 5.47. The van der Waals surface area contributed by atoms with Gasteiger partial charge in [-0.3, -0.25) is 4.79 Å². The first kappa shape index (κ1) is 21.1. The van der Waals surface area contributed by atoms with E-state index in [1.807, 2.05) is 73.7 Å². The predicted molar refractivity (Wildman–Crippen MR) is 119 cm³/mol. The van der Waals surface area contributed by atoms with E-state index in [1.54, 1.807) is 26.0 Å². The Kier molecular flexibility index (Phi) is 6.86. The van der Waals surface area contributed by atoms with Crippen LogP contribution in [0.15, 0.2) is 78.9 Å². The fraction of sp³-hybridized carbons (Fsp3) is 0.200. The third-order valence-corrected chi connectivity index (χ3v) is 4.59. The van der Waals surface area contributed by atoms with Crippen molar-refractivity contribution in [1.82, 2.24) is 5.32 Å². The van der Waals surface area contributed by atoms with Gasteiger partial charge in [0.05, 0.1) is 6.10 Å². The molecule has 3 aromatic carbocycles. The van der Waals surface area contributed by atoms with Gasteiger partial charge < -0.3 is 15.4 Å². The highest BCUT2D eigenvalue weighted by Gasteiger charge is 2.24. The number of alkyl carbamates (subject to hydrolysis) is 1. The van der Waals surface area contributed by atoms with Crippen molar-refractivity contribution in [2.45, 2.75) is 32.9 Å². The SMILES string of the molecule is Cc1cc(-c2ccccc2)ccc1NC(=O)C(NC(=O)OC(C)C)c1ccccc1. The number of nitrogens with one attached hydrogen (secondary N) is 2. The monoisotopic (exact) mass is 402 g/mol. The first-order valence-electron chi connectivity index (χ1n) is 9.93. The van der Waals surface area contributed by atoms with Crippen molar-refractivity contribution >= 4 is 17.7 Å². The number of hydrogen-bond acceptors (Lipinski definition) is 3. The third-order valence-electron chi connectivity index (χ3n) is 4.59. The summed E-state index contributed by atoms with van der Waals surface area (Å²) in [4.78, 5) is 25.2. The maximum Gasteiger partial charge on any atom is 0.408 e. The average Bonchev–Trinajstić information content (AvgIpc) is 2.74. The van der Waals surface area contributed by atoms with Crippen LogP contribution in [0.2, 0.25) is 0 Å². The Hall–Kier alpha value is -3.60. The molecule has 5 heteroatoms. The molecule has 0 saturated heterocycles. The molecular formula is C25H26N2O3. The van der Waals surface area contributed by atoms with Crippen LogP contribution in [-0.2, 0) is 9.53 Å². The van der Waals surface area contributed by atoms with Gasteiger partial charge in [-0.25, -0.2) is 4.79 Å². The molecule has 0 aliphatic heterocycles. The van der Waals surface area contributed by atoms with E-state index in [2.05, 4.69) is 10.6 Å². The molecule has 3 aromatic rings. The smallest absolute Gasteiger partial charge is 0.408 e. The fourth-order valence-electron chi connectivity index (χ4n) is 3.13. The predicted octanol–water partition coefficient (Wildman–Crippen LogP) is 5.48. The molecule has 0 bridgehead atoms. The van der Waals surface area contributed by atoms with Gasteiger partial charge in [0.2, 0.25) is 0 Å². The van der Waals surface area contributed by atoms with Crippen LogP contribution in [-0.4, -0.2) is 18.1 Å². The summed E-state index contributed by atoms with van der Waals surface area (Å²) >= 11 is 0. The zero-order chi connectivity index (χ0) is 21.5. The molecule has 0 spiro atoms. The lowest BCUT2D eigenvalue weighted by Crippen LogP contribution is -2.38. The van der Waals surface area contributed by atoms with Crippen LogP contribution in [0.3, 0.4) is 0 Å². The van der Waals surface area contributed by atoms with E-state index in [0.717, 1.165) is 16.7 Å². The molecule has 0 aliphatic rings. The largest absolute Gasteiger partial charge is 0.447 e. The van der Waals surface area contributed by atoms with Gasteiger partial charge in [0.25, 0.3) is 5.91 Å². The summed E-state index contributed by atoms with van der Waals surface area (Å²) < 4.78 is 5.16. The van der Waals surface area contributed by atoms with E-state index < -0.39 is 12.1 Å². The lowest BCUT2D eigenvalue weighted by Gasteiger charge is -2.20. The van der Waals surface area contributed by atoms with Gasteiger partial charge in [-0.2, -0.15) is 0 Å². The Balaban J connectivity index is 1.80. The normalized spacial score (nSPS) is 11.6. The number of rotatable bonds is 6. The van der Waals surface area contributed by atoms with Crippen molar-refractivity contribution < 1.29 is 14.3 Å². The molecule has 0 radical (unpaired) electrons. The number of ether oxygens (including phenoxy) is 1. The van der Waals surface area contributed by atoms with E-state index >= 15 is 0 Å². The molecule has 5 nitrogen and oxygen atoms in total. The second-order valence-corrected chi connectivity index (χ2v) is 7.33. The molecule has 1 atom stereocenters. The molecule has 0 saturated carbocycles. The highest BCUT2D eigenvalue weighted by atomic mass is 16.6. The van der Waals surface area contributed by atoms with Crippen molar-refractivity contribution in [3.63, 3.8) is 0 Å². The Bertz CT molecular complexity index is 1000. The molecule has 30 heavy (non-hydrogen) atoms. The van der Waals surface area contributed by atoms with E-state index in [4.69, 9.17) is 4.74 Å². The lowest BCUT2D eigenvalue weighted by molar-refractivity contribution is -0.118. The second-order valence-electron chi connectivity index (χ2n) is 7.33. The van der Waals surface area contributed by atoms with Crippen LogP contribution in [0.5, 0.6) is 0 Å². The topological polar surface area (TPSA) is 67.4 Å². The van der Waals surface area contributed by atoms with Gasteiger partial charge in [0, 0.05) is 5.69 Å². The summed E-state index contributed by atoms with van der Waals surface area (Å²) in [6.07, 6.45) is -0.914. The van der Waals surface area contributed by atoms with Crippen LogP contribution in [0.25, 0.3) is 11.1 Å². The summed E-state index contributed by atoms with van der Waals surface area (Å²) in [6.45, 7) is 5.46.